The molecule has 0 aliphatic heterocycles. The number of ether oxygens (including phenoxy) is 2. The van der Waals surface area contributed by atoms with Crippen LogP contribution in [0.5, 0.6) is 11.5 Å². The second-order valence-corrected chi connectivity index (χ2v) is 5.10. The summed E-state index contributed by atoms with van der Waals surface area (Å²) in [4.78, 5) is 11.2. The Morgan fingerprint density at radius 2 is 1.90 bits per heavy atom. The highest BCUT2D eigenvalue weighted by atomic mass is 79.9. The number of esters is 1. The van der Waals surface area contributed by atoms with Crippen molar-refractivity contribution in [1.82, 2.24) is 0 Å². The summed E-state index contributed by atoms with van der Waals surface area (Å²) in [6.07, 6.45) is 0.247. The largest absolute Gasteiger partial charge is 0.469 e. The average Bonchev–Trinajstić information content (AvgIpc) is 2.44. The quantitative estimate of drug-likeness (QED) is 0.685. The Bertz CT molecular complexity index is 611. The number of carbonyl (C=O) groups is 1. The lowest BCUT2D eigenvalue weighted by Gasteiger charge is -2.09. The molecule has 0 aliphatic carbocycles. The van der Waals surface area contributed by atoms with E-state index < -0.39 is 0 Å². The molecule has 0 radical (unpaired) electrons. The molecule has 0 saturated carbocycles. The lowest BCUT2D eigenvalue weighted by atomic mass is 10.1. The maximum atomic E-state index is 11.2. The summed E-state index contributed by atoms with van der Waals surface area (Å²) in [6.45, 7) is 0. The van der Waals surface area contributed by atoms with Crippen molar-refractivity contribution >= 4 is 27.6 Å². The number of nitrogens with two attached hydrogens (primary N) is 1. The van der Waals surface area contributed by atoms with Crippen LogP contribution in [0, 0.1) is 0 Å². The first-order valence-electron chi connectivity index (χ1n) is 5.97. The van der Waals surface area contributed by atoms with Gasteiger partial charge in [0.05, 0.1) is 19.2 Å². The van der Waals surface area contributed by atoms with Crippen molar-refractivity contribution in [2.75, 3.05) is 12.8 Å². The van der Waals surface area contributed by atoms with Crippen LogP contribution in [-0.2, 0) is 16.0 Å². The summed E-state index contributed by atoms with van der Waals surface area (Å²) >= 11 is 3.34. The average molecular weight is 336 g/mol. The van der Waals surface area contributed by atoms with E-state index in [9.17, 15) is 4.79 Å². The van der Waals surface area contributed by atoms with Gasteiger partial charge < -0.3 is 15.2 Å². The van der Waals surface area contributed by atoms with Gasteiger partial charge >= 0.3 is 5.97 Å². The molecule has 0 spiro atoms. The van der Waals surface area contributed by atoms with Gasteiger partial charge in [0.2, 0.25) is 0 Å². The third-order valence-electron chi connectivity index (χ3n) is 2.70. The molecule has 0 fully saturated rings. The van der Waals surface area contributed by atoms with Crippen LogP contribution >= 0.6 is 15.9 Å². The van der Waals surface area contributed by atoms with Crippen LogP contribution in [0.1, 0.15) is 5.56 Å². The third-order valence-corrected chi connectivity index (χ3v) is 3.19. The summed E-state index contributed by atoms with van der Waals surface area (Å²) in [5.41, 5.74) is 7.29. The van der Waals surface area contributed by atoms with Crippen molar-refractivity contribution in [2.45, 2.75) is 6.42 Å². The summed E-state index contributed by atoms with van der Waals surface area (Å²) in [5.74, 6) is 0.984. The smallest absolute Gasteiger partial charge is 0.309 e. The van der Waals surface area contributed by atoms with E-state index >= 15 is 0 Å². The first-order valence-corrected chi connectivity index (χ1v) is 6.76. The Hall–Kier alpha value is -2.01. The van der Waals surface area contributed by atoms with Crippen molar-refractivity contribution < 1.29 is 14.3 Å². The van der Waals surface area contributed by atoms with Gasteiger partial charge in [0.25, 0.3) is 0 Å². The molecule has 2 N–H and O–H groups in total. The molecule has 0 heterocycles. The van der Waals surface area contributed by atoms with E-state index in [1.54, 1.807) is 24.3 Å². The fourth-order valence-electron chi connectivity index (χ4n) is 1.65. The van der Waals surface area contributed by atoms with Gasteiger partial charge in [-0.1, -0.05) is 28.1 Å². The zero-order chi connectivity index (χ0) is 14.5. The van der Waals surface area contributed by atoms with Crippen molar-refractivity contribution in [3.8, 4) is 11.5 Å². The molecule has 104 valence electrons. The van der Waals surface area contributed by atoms with Crippen molar-refractivity contribution in [2.24, 2.45) is 0 Å². The molecule has 0 saturated heterocycles. The number of hydrogen-bond acceptors (Lipinski definition) is 4. The molecular formula is C15H14BrNO3. The highest BCUT2D eigenvalue weighted by Gasteiger charge is 2.05. The van der Waals surface area contributed by atoms with Gasteiger partial charge in [-0.25, -0.2) is 0 Å². The summed E-state index contributed by atoms with van der Waals surface area (Å²) in [5, 5.41) is 0. The van der Waals surface area contributed by atoms with Crippen LogP contribution in [0.4, 0.5) is 5.69 Å². The molecule has 2 rings (SSSR count). The van der Waals surface area contributed by atoms with Crippen LogP contribution in [-0.4, -0.2) is 13.1 Å². The SMILES string of the molecule is COC(=O)Cc1ccc(Oc2ccc(Br)cc2N)cc1. The molecule has 0 amide bonds. The minimum absolute atomic E-state index is 0.247. The first kappa shape index (κ1) is 14.4. The number of methoxy groups -OCH3 is 1. The fourth-order valence-corrected chi connectivity index (χ4v) is 2.03. The number of carbonyl (C=O) groups excluding carboxylic acids is 1. The van der Waals surface area contributed by atoms with Crippen LogP contribution in [0.25, 0.3) is 0 Å². The molecule has 2 aromatic rings. The van der Waals surface area contributed by atoms with Gasteiger partial charge in [-0.2, -0.15) is 0 Å². The topological polar surface area (TPSA) is 61.5 Å². The highest BCUT2D eigenvalue weighted by molar-refractivity contribution is 9.10. The Balaban J connectivity index is 2.08. The fraction of sp³-hybridized carbons (Fsp3) is 0.133. The molecule has 0 unspecified atom stereocenters. The standard InChI is InChI=1S/C15H14BrNO3/c1-19-15(18)8-10-2-5-12(6-3-10)20-14-7-4-11(16)9-13(14)17/h2-7,9H,8,17H2,1H3. The van der Waals surface area contributed by atoms with Crippen LogP contribution in [0.2, 0.25) is 0 Å². The highest BCUT2D eigenvalue weighted by Crippen LogP contribution is 2.29. The Labute approximate surface area is 125 Å². The lowest BCUT2D eigenvalue weighted by molar-refractivity contribution is -0.139. The van der Waals surface area contributed by atoms with Gasteiger partial charge in [0, 0.05) is 4.47 Å². The molecule has 5 heteroatoms. The van der Waals surface area contributed by atoms with E-state index in [0.717, 1.165) is 10.0 Å². The summed E-state index contributed by atoms with van der Waals surface area (Å²) in [7, 11) is 1.37. The zero-order valence-corrected chi connectivity index (χ0v) is 12.5. The van der Waals surface area contributed by atoms with E-state index in [2.05, 4.69) is 20.7 Å². The summed E-state index contributed by atoms with van der Waals surface area (Å²) in [6, 6.07) is 12.7. The lowest BCUT2D eigenvalue weighted by Crippen LogP contribution is -2.04. The van der Waals surface area contributed by atoms with Crippen molar-refractivity contribution in [1.29, 1.82) is 0 Å². The van der Waals surface area contributed by atoms with Crippen LogP contribution < -0.4 is 10.5 Å². The third kappa shape index (κ3) is 3.74. The second kappa shape index (κ2) is 6.43. The predicted octanol–water partition coefficient (Wildman–Crippen LogP) is 3.54. The van der Waals surface area contributed by atoms with E-state index in [0.29, 0.717) is 17.2 Å². The van der Waals surface area contributed by atoms with Crippen LogP contribution in [0.3, 0.4) is 0 Å². The molecule has 0 atom stereocenters. The number of halogens is 1. The monoisotopic (exact) mass is 335 g/mol. The Morgan fingerprint density at radius 1 is 1.20 bits per heavy atom. The normalized spacial score (nSPS) is 10.1. The second-order valence-electron chi connectivity index (χ2n) is 4.18. The van der Waals surface area contributed by atoms with Gasteiger partial charge in [0.15, 0.2) is 0 Å². The Kier molecular flexibility index (Phi) is 4.63. The van der Waals surface area contributed by atoms with Gasteiger partial charge in [-0.05, 0) is 35.9 Å². The number of anilines is 1. The molecule has 20 heavy (non-hydrogen) atoms. The maximum absolute atomic E-state index is 11.2. The molecular weight excluding hydrogens is 322 g/mol. The number of benzene rings is 2. The van der Waals surface area contributed by atoms with Gasteiger partial charge in [0.1, 0.15) is 11.5 Å². The molecule has 0 aromatic heterocycles. The maximum Gasteiger partial charge on any atom is 0.309 e. The first-order chi connectivity index (χ1) is 9.58. The van der Waals surface area contributed by atoms with E-state index in [-0.39, 0.29) is 12.4 Å². The number of hydrogen-bond donors (Lipinski definition) is 1. The summed E-state index contributed by atoms with van der Waals surface area (Å²) < 4.78 is 11.2. The van der Waals surface area contributed by atoms with E-state index in [1.165, 1.54) is 7.11 Å². The molecule has 4 nitrogen and oxygen atoms in total. The molecule has 0 aliphatic rings. The molecule has 0 bridgehead atoms. The van der Waals surface area contributed by atoms with Gasteiger partial charge in [-0.15, -0.1) is 0 Å². The zero-order valence-electron chi connectivity index (χ0n) is 10.9. The van der Waals surface area contributed by atoms with Crippen LogP contribution in [0.15, 0.2) is 46.9 Å². The minimum Gasteiger partial charge on any atom is -0.469 e. The Morgan fingerprint density at radius 3 is 2.50 bits per heavy atom. The van der Waals surface area contributed by atoms with Gasteiger partial charge in [-0.3, -0.25) is 4.79 Å². The predicted molar refractivity (Wildman–Crippen MR) is 80.8 cm³/mol. The van der Waals surface area contributed by atoms with Crippen molar-refractivity contribution in [3.63, 3.8) is 0 Å². The molecule has 2 aromatic carbocycles. The van der Waals surface area contributed by atoms with E-state index in [4.69, 9.17) is 10.5 Å². The van der Waals surface area contributed by atoms with Crippen molar-refractivity contribution in [3.05, 3.63) is 52.5 Å². The number of nitrogen functional groups attached to an aromatic ring is 1. The number of rotatable bonds is 4. The minimum atomic E-state index is -0.268. The van der Waals surface area contributed by atoms with E-state index in [1.807, 2.05) is 18.2 Å².